The number of anilines is 1. The van der Waals surface area contributed by atoms with Gasteiger partial charge in [0.2, 0.25) is 0 Å². The van der Waals surface area contributed by atoms with E-state index in [0.717, 1.165) is 29.7 Å². The molecule has 1 aliphatic carbocycles. The van der Waals surface area contributed by atoms with Gasteiger partial charge in [0, 0.05) is 39.9 Å². The molecule has 0 unspecified atom stereocenters. The highest BCUT2D eigenvalue weighted by Crippen LogP contribution is 2.27. The van der Waals surface area contributed by atoms with E-state index in [0.29, 0.717) is 21.7 Å². The first kappa shape index (κ1) is 22.4. The van der Waals surface area contributed by atoms with Gasteiger partial charge in [-0.2, -0.15) is 0 Å². The molecule has 8 heteroatoms. The van der Waals surface area contributed by atoms with E-state index in [1.807, 2.05) is 48.0 Å². The molecule has 1 aromatic heterocycles. The number of aromatic nitrogens is 3. The number of hydrogen-bond acceptors (Lipinski definition) is 3. The summed E-state index contributed by atoms with van der Waals surface area (Å²) in [4.78, 5) is 12.3. The molecule has 166 valence electrons. The Morgan fingerprint density at radius 3 is 2.38 bits per heavy atom. The minimum absolute atomic E-state index is 0.158. The third kappa shape index (κ3) is 5.31. The van der Waals surface area contributed by atoms with Crippen LogP contribution < -0.4 is 10.6 Å². The fraction of sp³-hybridized carbons (Fsp3) is 0.292. The number of carbonyl (C=O) groups is 1. The zero-order valence-electron chi connectivity index (χ0n) is 17.8. The molecule has 4 rings (SSSR count). The molecule has 0 radical (unpaired) electrons. The molecule has 1 fully saturated rings. The summed E-state index contributed by atoms with van der Waals surface area (Å²) in [6, 6.07) is 13.1. The first-order valence-corrected chi connectivity index (χ1v) is 11.5. The molecule has 1 heterocycles. The Morgan fingerprint density at radius 1 is 1.00 bits per heavy atom. The Labute approximate surface area is 197 Å². The van der Waals surface area contributed by atoms with Crippen molar-refractivity contribution in [3.05, 3.63) is 63.9 Å². The maximum absolute atomic E-state index is 12.3. The second-order valence-electron chi connectivity index (χ2n) is 7.92. The fourth-order valence-corrected chi connectivity index (χ4v) is 4.39. The lowest BCUT2D eigenvalue weighted by atomic mass is 9.96. The normalized spacial score (nSPS) is 14.6. The van der Waals surface area contributed by atoms with Crippen LogP contribution in [0.15, 0.2) is 42.5 Å². The molecule has 1 saturated carbocycles. The zero-order valence-corrected chi connectivity index (χ0v) is 19.3. The van der Waals surface area contributed by atoms with Crippen LogP contribution in [-0.4, -0.2) is 26.8 Å². The summed E-state index contributed by atoms with van der Waals surface area (Å²) in [5, 5.41) is 15.7. The van der Waals surface area contributed by atoms with E-state index in [1.165, 1.54) is 19.3 Å². The Bertz CT molecular complexity index is 1100. The summed E-state index contributed by atoms with van der Waals surface area (Å²) in [5.41, 5.74) is 2.37. The van der Waals surface area contributed by atoms with Crippen LogP contribution in [0.5, 0.6) is 0 Å². The van der Waals surface area contributed by atoms with Crippen molar-refractivity contribution >= 4 is 47.1 Å². The number of rotatable bonds is 5. The van der Waals surface area contributed by atoms with Gasteiger partial charge in [0.25, 0.3) is 0 Å². The molecule has 0 atom stereocenters. The lowest BCUT2D eigenvalue weighted by Gasteiger charge is -2.22. The standard InChI is InChI=1S/C24H25Cl2N5O/c1-31-22(15-14-19-20(25)8-5-9-21(19)26)29-30-23(31)16-10-12-18(13-11-16)28-24(32)27-17-6-3-2-4-7-17/h5,8-15,17H,2-4,6-7H2,1H3,(H2,27,28,32)/b15-14+. The molecule has 32 heavy (non-hydrogen) atoms. The van der Waals surface area contributed by atoms with E-state index in [2.05, 4.69) is 20.8 Å². The van der Waals surface area contributed by atoms with Crippen molar-refractivity contribution in [2.45, 2.75) is 38.1 Å². The summed E-state index contributed by atoms with van der Waals surface area (Å²) in [6.07, 6.45) is 9.38. The molecule has 3 aromatic rings. The van der Waals surface area contributed by atoms with Crippen molar-refractivity contribution in [3.63, 3.8) is 0 Å². The Morgan fingerprint density at radius 2 is 1.69 bits per heavy atom. The van der Waals surface area contributed by atoms with Crippen LogP contribution in [0.3, 0.4) is 0 Å². The minimum Gasteiger partial charge on any atom is -0.335 e. The van der Waals surface area contributed by atoms with Gasteiger partial charge in [0.1, 0.15) is 0 Å². The van der Waals surface area contributed by atoms with E-state index in [1.54, 1.807) is 18.2 Å². The number of hydrogen-bond donors (Lipinski definition) is 2. The quantitative estimate of drug-likeness (QED) is 0.453. The van der Waals surface area contributed by atoms with E-state index in [-0.39, 0.29) is 12.1 Å². The first-order valence-electron chi connectivity index (χ1n) is 10.7. The van der Waals surface area contributed by atoms with Gasteiger partial charge < -0.3 is 15.2 Å². The number of halogens is 2. The molecule has 2 amide bonds. The third-order valence-corrected chi connectivity index (χ3v) is 6.31. The van der Waals surface area contributed by atoms with Crippen molar-refractivity contribution < 1.29 is 4.79 Å². The highest BCUT2D eigenvalue weighted by molar-refractivity contribution is 6.37. The van der Waals surface area contributed by atoms with E-state index < -0.39 is 0 Å². The van der Waals surface area contributed by atoms with Crippen LogP contribution in [0.4, 0.5) is 10.5 Å². The van der Waals surface area contributed by atoms with Gasteiger partial charge in [-0.15, -0.1) is 10.2 Å². The van der Waals surface area contributed by atoms with E-state index >= 15 is 0 Å². The topological polar surface area (TPSA) is 71.8 Å². The van der Waals surface area contributed by atoms with Gasteiger partial charge in [-0.05, 0) is 61.4 Å². The number of amides is 2. The molecular formula is C24H25Cl2N5O. The average molecular weight is 470 g/mol. The zero-order chi connectivity index (χ0) is 22.5. The van der Waals surface area contributed by atoms with Gasteiger partial charge >= 0.3 is 6.03 Å². The van der Waals surface area contributed by atoms with Crippen LogP contribution in [0.1, 0.15) is 43.5 Å². The van der Waals surface area contributed by atoms with Gasteiger partial charge in [0.15, 0.2) is 11.6 Å². The fourth-order valence-electron chi connectivity index (χ4n) is 3.87. The molecule has 0 spiro atoms. The molecule has 0 aliphatic heterocycles. The predicted molar refractivity (Wildman–Crippen MR) is 131 cm³/mol. The second-order valence-corrected chi connectivity index (χ2v) is 8.73. The monoisotopic (exact) mass is 469 g/mol. The summed E-state index contributed by atoms with van der Waals surface area (Å²) in [7, 11) is 1.90. The molecule has 0 bridgehead atoms. The SMILES string of the molecule is Cn1c(/C=C/c2c(Cl)cccc2Cl)nnc1-c1ccc(NC(=O)NC2CCCCC2)cc1. The number of urea groups is 1. The highest BCUT2D eigenvalue weighted by Gasteiger charge is 2.16. The van der Waals surface area contributed by atoms with E-state index in [9.17, 15) is 4.79 Å². The second kappa shape index (κ2) is 10.2. The van der Waals surface area contributed by atoms with Crippen LogP contribution in [0, 0.1) is 0 Å². The number of nitrogens with zero attached hydrogens (tertiary/aromatic N) is 3. The van der Waals surface area contributed by atoms with E-state index in [4.69, 9.17) is 23.2 Å². The van der Waals surface area contributed by atoms with Crippen LogP contribution >= 0.6 is 23.2 Å². The average Bonchev–Trinajstić information content (AvgIpc) is 3.15. The van der Waals surface area contributed by atoms with Crippen molar-refractivity contribution in [1.29, 1.82) is 0 Å². The van der Waals surface area contributed by atoms with Gasteiger partial charge in [0.05, 0.1) is 0 Å². The minimum atomic E-state index is -0.158. The molecule has 1 aliphatic rings. The van der Waals surface area contributed by atoms with Crippen molar-refractivity contribution in [2.75, 3.05) is 5.32 Å². The molecular weight excluding hydrogens is 445 g/mol. The Kier molecular flexibility index (Phi) is 7.12. The molecule has 2 aromatic carbocycles. The Balaban J connectivity index is 1.42. The van der Waals surface area contributed by atoms with Crippen LogP contribution in [0.25, 0.3) is 23.5 Å². The summed E-state index contributed by atoms with van der Waals surface area (Å²) in [5.74, 6) is 1.39. The lowest BCUT2D eigenvalue weighted by molar-refractivity contribution is 0.244. The maximum Gasteiger partial charge on any atom is 0.319 e. The van der Waals surface area contributed by atoms with Crippen LogP contribution in [-0.2, 0) is 7.05 Å². The molecule has 0 saturated heterocycles. The summed E-state index contributed by atoms with van der Waals surface area (Å²) >= 11 is 12.5. The van der Waals surface area contributed by atoms with Gasteiger partial charge in [-0.25, -0.2) is 4.79 Å². The largest absolute Gasteiger partial charge is 0.335 e. The maximum atomic E-state index is 12.3. The summed E-state index contributed by atoms with van der Waals surface area (Å²) < 4.78 is 1.89. The Hall–Kier alpha value is -2.83. The van der Waals surface area contributed by atoms with Crippen molar-refractivity contribution in [2.24, 2.45) is 7.05 Å². The molecule has 2 N–H and O–H groups in total. The summed E-state index contributed by atoms with van der Waals surface area (Å²) in [6.45, 7) is 0. The van der Waals surface area contributed by atoms with Crippen molar-refractivity contribution in [1.82, 2.24) is 20.1 Å². The highest BCUT2D eigenvalue weighted by atomic mass is 35.5. The first-order chi connectivity index (χ1) is 15.5. The third-order valence-electron chi connectivity index (χ3n) is 5.65. The van der Waals surface area contributed by atoms with Gasteiger partial charge in [-0.3, -0.25) is 0 Å². The van der Waals surface area contributed by atoms with Crippen LogP contribution in [0.2, 0.25) is 10.0 Å². The smallest absolute Gasteiger partial charge is 0.319 e. The number of carbonyl (C=O) groups excluding carboxylic acids is 1. The number of nitrogens with one attached hydrogen (secondary N) is 2. The number of benzene rings is 2. The van der Waals surface area contributed by atoms with Crippen molar-refractivity contribution in [3.8, 4) is 11.4 Å². The van der Waals surface area contributed by atoms with Gasteiger partial charge in [-0.1, -0.05) is 48.5 Å². The lowest BCUT2D eigenvalue weighted by Crippen LogP contribution is -2.38. The predicted octanol–water partition coefficient (Wildman–Crippen LogP) is 6.41. The molecule has 6 nitrogen and oxygen atoms in total.